The Bertz CT molecular complexity index is 824. The van der Waals surface area contributed by atoms with E-state index in [1.165, 1.54) is 36.8 Å². The number of likely N-dealkylation sites (tertiary alicyclic amines) is 1. The molecule has 3 aliphatic rings. The van der Waals surface area contributed by atoms with Gasteiger partial charge in [-0.1, -0.05) is 38.3 Å². The number of unbranched alkanes of at least 4 members (excludes halogenated alkanes) is 2. The molecule has 0 radical (unpaired) electrons. The zero-order valence-corrected chi connectivity index (χ0v) is 22.5. The molecular weight excluding hydrogens is 454 g/mol. The van der Waals surface area contributed by atoms with Gasteiger partial charge in [-0.25, -0.2) is 0 Å². The number of benzene rings is 1. The van der Waals surface area contributed by atoms with E-state index >= 15 is 0 Å². The highest BCUT2D eigenvalue weighted by molar-refractivity contribution is 5.72. The number of carbonyl (C=O) groups is 1. The smallest absolute Gasteiger partial charge is 0.320 e. The SMILES string of the molecule is CCCCC[C@@H](O)CC[C@@H]1[C@H]2Cc3cccc(OCCOC)c3C[C@H]2C[C@H]1OC(=O)CN1CCCC1. The number of ether oxygens (including phenoxy) is 3. The number of hydrogen-bond donors (Lipinski definition) is 1. The monoisotopic (exact) mass is 501 g/mol. The van der Waals surface area contributed by atoms with Gasteiger partial charge in [0.1, 0.15) is 18.5 Å². The predicted molar refractivity (Wildman–Crippen MR) is 141 cm³/mol. The molecule has 1 heterocycles. The van der Waals surface area contributed by atoms with E-state index in [9.17, 15) is 9.90 Å². The van der Waals surface area contributed by atoms with E-state index in [1.807, 2.05) is 0 Å². The Morgan fingerprint density at radius 1 is 1.14 bits per heavy atom. The summed E-state index contributed by atoms with van der Waals surface area (Å²) in [4.78, 5) is 15.1. The largest absolute Gasteiger partial charge is 0.491 e. The van der Waals surface area contributed by atoms with Gasteiger partial charge < -0.3 is 19.3 Å². The van der Waals surface area contributed by atoms with Gasteiger partial charge in [0.25, 0.3) is 0 Å². The zero-order valence-electron chi connectivity index (χ0n) is 22.5. The maximum absolute atomic E-state index is 12.9. The van der Waals surface area contributed by atoms with Gasteiger partial charge in [0.05, 0.1) is 19.3 Å². The highest BCUT2D eigenvalue weighted by atomic mass is 16.5. The van der Waals surface area contributed by atoms with E-state index in [4.69, 9.17) is 14.2 Å². The van der Waals surface area contributed by atoms with Crippen LogP contribution >= 0.6 is 0 Å². The van der Waals surface area contributed by atoms with Gasteiger partial charge in [-0.15, -0.1) is 0 Å². The Kier molecular flexibility index (Phi) is 10.5. The first kappa shape index (κ1) is 27.4. The van der Waals surface area contributed by atoms with E-state index < -0.39 is 0 Å². The van der Waals surface area contributed by atoms with Crippen LogP contribution in [0.2, 0.25) is 0 Å². The van der Waals surface area contributed by atoms with Crippen molar-refractivity contribution >= 4 is 5.97 Å². The normalized spacial score (nSPS) is 26.4. The van der Waals surface area contributed by atoms with E-state index in [-0.39, 0.29) is 18.2 Å². The number of hydrogen-bond acceptors (Lipinski definition) is 6. The molecule has 6 nitrogen and oxygen atoms in total. The lowest BCUT2D eigenvalue weighted by atomic mass is 9.73. The summed E-state index contributed by atoms with van der Waals surface area (Å²) in [6.45, 7) is 5.74. The van der Waals surface area contributed by atoms with Crippen LogP contribution in [0.3, 0.4) is 0 Å². The number of rotatable bonds is 14. The molecule has 2 fully saturated rings. The van der Waals surface area contributed by atoms with Crippen molar-refractivity contribution in [3.8, 4) is 5.75 Å². The van der Waals surface area contributed by atoms with Crippen molar-refractivity contribution in [1.82, 2.24) is 4.90 Å². The topological polar surface area (TPSA) is 68.2 Å². The molecule has 1 aromatic carbocycles. The van der Waals surface area contributed by atoms with Crippen molar-refractivity contribution in [2.75, 3.05) is 40.0 Å². The van der Waals surface area contributed by atoms with Crippen LogP contribution in [0, 0.1) is 17.8 Å². The second-order valence-corrected chi connectivity index (χ2v) is 11.2. The number of carbonyl (C=O) groups excluding carboxylic acids is 1. The Labute approximate surface area is 217 Å². The molecule has 202 valence electrons. The second kappa shape index (κ2) is 13.8. The molecule has 1 saturated carbocycles. The maximum Gasteiger partial charge on any atom is 0.320 e. The minimum absolute atomic E-state index is 0.0508. The summed E-state index contributed by atoms with van der Waals surface area (Å²) in [6, 6.07) is 6.40. The molecule has 0 aromatic heterocycles. The van der Waals surface area contributed by atoms with Crippen LogP contribution in [0.15, 0.2) is 18.2 Å². The van der Waals surface area contributed by atoms with Gasteiger partial charge in [-0.05, 0) is 99.4 Å². The molecule has 0 spiro atoms. The number of nitrogens with zero attached hydrogens (tertiary/aromatic N) is 1. The molecule has 1 aliphatic heterocycles. The van der Waals surface area contributed by atoms with Crippen molar-refractivity contribution < 1.29 is 24.1 Å². The second-order valence-electron chi connectivity index (χ2n) is 11.2. The lowest BCUT2D eigenvalue weighted by Gasteiger charge is -2.33. The summed E-state index contributed by atoms with van der Waals surface area (Å²) < 4.78 is 17.4. The van der Waals surface area contributed by atoms with E-state index in [0.717, 1.165) is 63.8 Å². The van der Waals surface area contributed by atoms with Crippen molar-refractivity contribution in [3.05, 3.63) is 29.3 Å². The van der Waals surface area contributed by atoms with Crippen LogP contribution < -0.4 is 4.74 Å². The molecular formula is C30H47NO5. The Morgan fingerprint density at radius 3 is 2.75 bits per heavy atom. The molecule has 36 heavy (non-hydrogen) atoms. The molecule has 1 saturated heterocycles. The Morgan fingerprint density at radius 2 is 1.97 bits per heavy atom. The fourth-order valence-electron chi connectivity index (χ4n) is 6.77. The van der Waals surface area contributed by atoms with Crippen molar-refractivity contribution in [1.29, 1.82) is 0 Å². The van der Waals surface area contributed by atoms with Crippen LogP contribution in [-0.4, -0.2) is 68.1 Å². The first-order chi connectivity index (χ1) is 17.6. The Balaban J connectivity index is 1.43. The molecule has 6 heteroatoms. The van der Waals surface area contributed by atoms with Crippen LogP contribution in [0.1, 0.15) is 75.8 Å². The van der Waals surface area contributed by atoms with Crippen LogP contribution in [0.5, 0.6) is 5.75 Å². The van der Waals surface area contributed by atoms with Gasteiger partial charge in [0, 0.05) is 7.11 Å². The summed E-state index contributed by atoms with van der Waals surface area (Å²) >= 11 is 0. The average molecular weight is 502 g/mol. The molecule has 0 unspecified atom stereocenters. The molecule has 1 aromatic rings. The predicted octanol–water partition coefficient (Wildman–Crippen LogP) is 4.79. The summed E-state index contributed by atoms with van der Waals surface area (Å²) in [5, 5.41) is 10.6. The highest BCUT2D eigenvalue weighted by Crippen LogP contribution is 2.49. The van der Waals surface area contributed by atoms with Gasteiger partial charge in [0.2, 0.25) is 0 Å². The minimum Gasteiger partial charge on any atom is -0.491 e. The number of fused-ring (bicyclic) bond motifs is 2. The lowest BCUT2D eigenvalue weighted by molar-refractivity contribution is -0.152. The standard InChI is InChI=1S/C30H47NO5/c1-3-4-5-10-24(32)12-13-25-26-18-22-9-8-11-28(35-17-16-34-2)27(22)19-23(26)20-29(25)36-30(33)21-31-14-6-7-15-31/h8-9,11,23-26,29,32H,3-7,10,12-21H2,1-2H3/t23-,24+,25+,26-,29+/m0/s1. The van der Waals surface area contributed by atoms with Gasteiger partial charge >= 0.3 is 5.97 Å². The minimum atomic E-state index is -0.256. The van der Waals surface area contributed by atoms with Crippen LogP contribution in [0.4, 0.5) is 0 Å². The first-order valence-electron chi connectivity index (χ1n) is 14.4. The summed E-state index contributed by atoms with van der Waals surface area (Å²) in [5.41, 5.74) is 2.68. The van der Waals surface area contributed by atoms with Crippen molar-refractivity contribution in [3.63, 3.8) is 0 Å². The molecule has 0 amide bonds. The number of aliphatic hydroxyl groups excluding tert-OH is 1. The maximum atomic E-state index is 12.9. The van der Waals surface area contributed by atoms with Crippen molar-refractivity contribution in [2.45, 2.75) is 89.8 Å². The average Bonchev–Trinajstić information content (AvgIpc) is 3.49. The molecule has 5 atom stereocenters. The molecule has 1 N–H and O–H groups in total. The quantitative estimate of drug-likeness (QED) is 0.292. The van der Waals surface area contributed by atoms with Crippen LogP contribution in [-0.2, 0) is 27.1 Å². The van der Waals surface area contributed by atoms with Crippen molar-refractivity contribution in [2.24, 2.45) is 17.8 Å². The fourth-order valence-corrected chi connectivity index (χ4v) is 6.77. The van der Waals surface area contributed by atoms with E-state index in [2.05, 4.69) is 30.0 Å². The molecule has 2 aliphatic carbocycles. The third kappa shape index (κ3) is 7.23. The van der Waals surface area contributed by atoms with E-state index in [0.29, 0.717) is 37.5 Å². The number of esters is 1. The first-order valence-corrected chi connectivity index (χ1v) is 14.4. The summed E-state index contributed by atoms with van der Waals surface area (Å²) in [7, 11) is 1.69. The molecule has 0 bridgehead atoms. The Hall–Kier alpha value is -1.63. The number of aliphatic hydroxyl groups is 1. The summed E-state index contributed by atoms with van der Waals surface area (Å²) in [6.07, 6.45) is 11.0. The fraction of sp³-hybridized carbons (Fsp3) is 0.767. The zero-order chi connectivity index (χ0) is 25.3. The third-order valence-electron chi connectivity index (χ3n) is 8.67. The van der Waals surface area contributed by atoms with Crippen LogP contribution in [0.25, 0.3) is 0 Å². The number of methoxy groups -OCH3 is 1. The van der Waals surface area contributed by atoms with Gasteiger partial charge in [0.15, 0.2) is 0 Å². The highest BCUT2D eigenvalue weighted by Gasteiger charge is 2.47. The third-order valence-corrected chi connectivity index (χ3v) is 8.67. The van der Waals surface area contributed by atoms with E-state index in [1.54, 1.807) is 7.11 Å². The summed E-state index contributed by atoms with van der Waals surface area (Å²) in [5.74, 6) is 2.18. The van der Waals surface area contributed by atoms with Gasteiger partial charge in [-0.3, -0.25) is 9.69 Å². The molecule has 4 rings (SSSR count). The van der Waals surface area contributed by atoms with Gasteiger partial charge in [-0.2, -0.15) is 0 Å². The lowest BCUT2D eigenvalue weighted by Crippen LogP contribution is -2.33.